The summed E-state index contributed by atoms with van der Waals surface area (Å²) in [5, 5.41) is 6.52. The minimum atomic E-state index is -1.33. The summed E-state index contributed by atoms with van der Waals surface area (Å²) in [5.74, 6) is -4.52. The number of amides is 1. The lowest BCUT2D eigenvalue weighted by atomic mass is 10.1. The highest BCUT2D eigenvalue weighted by Gasteiger charge is 2.16. The number of benzene rings is 1. The Morgan fingerprint density at radius 3 is 2.50 bits per heavy atom. The molecule has 0 saturated carbocycles. The molecule has 0 fully saturated rings. The highest BCUT2D eigenvalue weighted by molar-refractivity contribution is 5.94. The summed E-state index contributed by atoms with van der Waals surface area (Å²) in [6.07, 6.45) is 1.71. The Morgan fingerprint density at radius 2 is 1.90 bits per heavy atom. The van der Waals surface area contributed by atoms with Crippen LogP contribution in [0.4, 0.5) is 13.2 Å². The maximum absolute atomic E-state index is 13.4. The maximum atomic E-state index is 13.4. The molecule has 0 radical (unpaired) electrons. The van der Waals surface area contributed by atoms with Crippen LogP contribution in [0.5, 0.6) is 0 Å². The smallest absolute Gasteiger partial charge is 0.254 e. The van der Waals surface area contributed by atoms with E-state index in [4.69, 9.17) is 0 Å². The standard InChI is InChI=1S/C13H12F3N3O/c1-7-8(6-19(2)18-7)5-17-13(20)9-3-11(15)12(16)4-10(9)14/h3-4,6H,5H2,1-2H3,(H,17,20). The number of halogens is 3. The van der Waals surface area contributed by atoms with Gasteiger partial charge in [0.05, 0.1) is 11.3 Å². The van der Waals surface area contributed by atoms with Gasteiger partial charge >= 0.3 is 0 Å². The molecule has 0 unspecified atom stereocenters. The minimum absolute atomic E-state index is 0.122. The largest absolute Gasteiger partial charge is 0.348 e. The number of aryl methyl sites for hydroxylation is 2. The van der Waals surface area contributed by atoms with Crippen LogP contribution in [-0.4, -0.2) is 15.7 Å². The molecule has 0 spiro atoms. The second-order valence-electron chi connectivity index (χ2n) is 4.34. The molecular formula is C13H12F3N3O. The second-order valence-corrected chi connectivity index (χ2v) is 4.34. The summed E-state index contributed by atoms with van der Waals surface area (Å²) in [6.45, 7) is 1.89. The van der Waals surface area contributed by atoms with E-state index in [9.17, 15) is 18.0 Å². The van der Waals surface area contributed by atoms with Gasteiger partial charge in [-0.1, -0.05) is 0 Å². The average Bonchev–Trinajstić information content (AvgIpc) is 2.69. The Hall–Kier alpha value is -2.31. The lowest BCUT2D eigenvalue weighted by Gasteiger charge is -2.06. The Bertz CT molecular complexity index is 667. The number of hydrogen-bond acceptors (Lipinski definition) is 2. The van der Waals surface area contributed by atoms with E-state index in [1.54, 1.807) is 24.9 Å². The molecule has 7 heteroatoms. The van der Waals surface area contributed by atoms with Crippen molar-refractivity contribution >= 4 is 5.91 Å². The zero-order valence-corrected chi connectivity index (χ0v) is 10.9. The van der Waals surface area contributed by atoms with Gasteiger partial charge < -0.3 is 5.32 Å². The SMILES string of the molecule is Cc1nn(C)cc1CNC(=O)c1cc(F)c(F)cc1F. The first-order valence-electron chi connectivity index (χ1n) is 5.80. The number of rotatable bonds is 3. The maximum Gasteiger partial charge on any atom is 0.254 e. The van der Waals surface area contributed by atoms with Crippen molar-refractivity contribution in [1.29, 1.82) is 0 Å². The molecule has 0 aliphatic rings. The summed E-state index contributed by atoms with van der Waals surface area (Å²) in [6, 6.07) is 0.885. The van der Waals surface area contributed by atoms with Crippen LogP contribution in [0.2, 0.25) is 0 Å². The van der Waals surface area contributed by atoms with Gasteiger partial charge in [-0.2, -0.15) is 5.10 Å². The van der Waals surface area contributed by atoms with Gasteiger partial charge in [-0.15, -0.1) is 0 Å². The predicted molar refractivity (Wildman–Crippen MR) is 65.4 cm³/mol. The zero-order valence-electron chi connectivity index (χ0n) is 10.9. The fraction of sp³-hybridized carbons (Fsp3) is 0.231. The van der Waals surface area contributed by atoms with Crippen LogP contribution in [0.15, 0.2) is 18.3 Å². The van der Waals surface area contributed by atoms with E-state index in [0.717, 1.165) is 11.3 Å². The molecular weight excluding hydrogens is 271 g/mol. The van der Waals surface area contributed by atoms with Crippen molar-refractivity contribution in [3.63, 3.8) is 0 Å². The summed E-state index contributed by atoms with van der Waals surface area (Å²) < 4.78 is 40.8. The third-order valence-corrected chi connectivity index (χ3v) is 2.81. The molecule has 1 aromatic heterocycles. The quantitative estimate of drug-likeness (QED) is 0.877. The molecule has 4 nitrogen and oxygen atoms in total. The van der Waals surface area contributed by atoms with Gasteiger partial charge in [0, 0.05) is 31.4 Å². The van der Waals surface area contributed by atoms with Gasteiger partial charge in [-0.3, -0.25) is 9.48 Å². The van der Waals surface area contributed by atoms with E-state index in [2.05, 4.69) is 10.4 Å². The Labute approximate surface area is 113 Å². The van der Waals surface area contributed by atoms with E-state index in [1.165, 1.54) is 0 Å². The fourth-order valence-electron chi connectivity index (χ4n) is 1.79. The minimum Gasteiger partial charge on any atom is -0.348 e. The summed E-state index contributed by atoms with van der Waals surface area (Å²) in [4.78, 5) is 11.8. The van der Waals surface area contributed by atoms with Crippen LogP contribution >= 0.6 is 0 Å². The monoisotopic (exact) mass is 283 g/mol. The number of aromatic nitrogens is 2. The number of carbonyl (C=O) groups excluding carboxylic acids is 1. The molecule has 1 aromatic carbocycles. The number of carbonyl (C=O) groups is 1. The van der Waals surface area contributed by atoms with Gasteiger partial charge in [0.25, 0.3) is 5.91 Å². The van der Waals surface area contributed by atoms with Gasteiger partial charge in [-0.25, -0.2) is 13.2 Å². The lowest BCUT2D eigenvalue weighted by Crippen LogP contribution is -2.24. The molecule has 0 aliphatic carbocycles. The number of nitrogens with one attached hydrogen (secondary N) is 1. The van der Waals surface area contributed by atoms with Crippen molar-refractivity contribution in [3.05, 3.63) is 52.6 Å². The van der Waals surface area contributed by atoms with Crippen molar-refractivity contribution in [1.82, 2.24) is 15.1 Å². The lowest BCUT2D eigenvalue weighted by molar-refractivity contribution is 0.0946. The van der Waals surface area contributed by atoms with Crippen LogP contribution in [0.25, 0.3) is 0 Å². The van der Waals surface area contributed by atoms with Crippen LogP contribution in [0.3, 0.4) is 0 Å². The molecule has 1 heterocycles. The van der Waals surface area contributed by atoms with Crippen molar-refractivity contribution in [2.75, 3.05) is 0 Å². The van der Waals surface area contributed by atoms with Crippen LogP contribution in [0.1, 0.15) is 21.6 Å². The van der Waals surface area contributed by atoms with Crippen molar-refractivity contribution < 1.29 is 18.0 Å². The van der Waals surface area contributed by atoms with Crippen molar-refractivity contribution in [3.8, 4) is 0 Å². The van der Waals surface area contributed by atoms with Gasteiger partial charge in [-0.05, 0) is 13.0 Å². The van der Waals surface area contributed by atoms with E-state index in [-0.39, 0.29) is 6.54 Å². The first-order valence-corrected chi connectivity index (χ1v) is 5.80. The summed E-state index contributed by atoms with van der Waals surface area (Å²) in [7, 11) is 1.73. The Balaban J connectivity index is 2.13. The van der Waals surface area contributed by atoms with Crippen molar-refractivity contribution in [2.24, 2.45) is 7.05 Å². The highest BCUT2D eigenvalue weighted by Crippen LogP contribution is 2.14. The van der Waals surface area contributed by atoms with Gasteiger partial charge in [0.1, 0.15) is 5.82 Å². The Morgan fingerprint density at radius 1 is 1.25 bits per heavy atom. The van der Waals surface area contributed by atoms with Crippen LogP contribution < -0.4 is 5.32 Å². The fourth-order valence-corrected chi connectivity index (χ4v) is 1.79. The van der Waals surface area contributed by atoms with E-state index >= 15 is 0 Å². The predicted octanol–water partition coefficient (Wildman–Crippen LogP) is 2.08. The first kappa shape index (κ1) is 14.1. The van der Waals surface area contributed by atoms with E-state index in [0.29, 0.717) is 12.1 Å². The third kappa shape index (κ3) is 2.81. The molecule has 0 atom stereocenters. The summed E-state index contributed by atoms with van der Waals surface area (Å²) >= 11 is 0. The third-order valence-electron chi connectivity index (χ3n) is 2.81. The molecule has 106 valence electrons. The van der Waals surface area contributed by atoms with Gasteiger partial charge in [0.2, 0.25) is 0 Å². The normalized spacial score (nSPS) is 10.7. The molecule has 1 amide bonds. The van der Waals surface area contributed by atoms with E-state index < -0.39 is 28.9 Å². The molecule has 0 saturated heterocycles. The van der Waals surface area contributed by atoms with Crippen molar-refractivity contribution in [2.45, 2.75) is 13.5 Å². The summed E-state index contributed by atoms with van der Waals surface area (Å²) in [5.41, 5.74) is 0.938. The molecule has 20 heavy (non-hydrogen) atoms. The van der Waals surface area contributed by atoms with Crippen LogP contribution in [0, 0.1) is 24.4 Å². The first-order chi connectivity index (χ1) is 9.38. The topological polar surface area (TPSA) is 46.9 Å². The second kappa shape index (κ2) is 5.36. The molecule has 2 aromatic rings. The van der Waals surface area contributed by atoms with Gasteiger partial charge in [0.15, 0.2) is 11.6 Å². The molecule has 2 rings (SSSR count). The van der Waals surface area contributed by atoms with E-state index in [1.807, 2.05) is 0 Å². The molecule has 0 bridgehead atoms. The average molecular weight is 283 g/mol. The highest BCUT2D eigenvalue weighted by atomic mass is 19.2. The molecule has 0 aliphatic heterocycles. The Kier molecular flexibility index (Phi) is 3.78. The number of hydrogen-bond donors (Lipinski definition) is 1. The zero-order chi connectivity index (χ0) is 14.9. The van der Waals surface area contributed by atoms with Crippen LogP contribution in [-0.2, 0) is 13.6 Å². The number of nitrogens with zero attached hydrogens (tertiary/aromatic N) is 2. The molecule has 1 N–H and O–H groups in total.